The molecule has 1 aliphatic carbocycles. The predicted octanol–water partition coefficient (Wildman–Crippen LogP) is 3.37. The van der Waals surface area contributed by atoms with Crippen LogP contribution < -0.4 is 4.74 Å². The first-order chi connectivity index (χ1) is 11.6. The lowest BCUT2D eigenvalue weighted by atomic mass is 10.1. The van der Waals surface area contributed by atoms with Crippen molar-refractivity contribution in [1.29, 1.82) is 0 Å². The van der Waals surface area contributed by atoms with Crippen LogP contribution >= 0.6 is 11.6 Å². The molecule has 0 radical (unpaired) electrons. The maximum Gasteiger partial charge on any atom is 0.253 e. The number of aromatic amines is 1. The van der Waals surface area contributed by atoms with E-state index in [4.69, 9.17) is 16.3 Å². The number of hydrogen-bond donors (Lipinski definition) is 1. The third-order valence-corrected chi connectivity index (χ3v) is 4.60. The van der Waals surface area contributed by atoms with Crippen LogP contribution in [-0.2, 0) is 11.3 Å². The minimum atomic E-state index is -0.0526. The first kappa shape index (κ1) is 15.3. The van der Waals surface area contributed by atoms with Gasteiger partial charge in [-0.3, -0.25) is 9.89 Å². The van der Waals surface area contributed by atoms with E-state index in [1.807, 2.05) is 12.1 Å². The number of carbonyl (C=O) groups is 1. The van der Waals surface area contributed by atoms with Crippen molar-refractivity contribution in [3.05, 3.63) is 51.8 Å². The number of nitrogens with zero attached hydrogens (tertiary/aromatic N) is 2. The molecule has 4 rings (SSSR count). The van der Waals surface area contributed by atoms with Crippen LogP contribution in [-0.4, -0.2) is 34.7 Å². The molecule has 1 amide bonds. The van der Waals surface area contributed by atoms with E-state index < -0.39 is 0 Å². The summed E-state index contributed by atoms with van der Waals surface area (Å²) >= 11 is 6.02. The van der Waals surface area contributed by atoms with Gasteiger partial charge >= 0.3 is 0 Å². The van der Waals surface area contributed by atoms with Gasteiger partial charge in [-0.2, -0.15) is 5.10 Å². The first-order valence-electron chi connectivity index (χ1n) is 8.03. The Labute approximate surface area is 145 Å². The highest BCUT2D eigenvalue weighted by molar-refractivity contribution is 6.30. The Hall–Kier alpha value is -2.27. The van der Waals surface area contributed by atoms with E-state index in [2.05, 4.69) is 16.3 Å². The van der Waals surface area contributed by atoms with E-state index >= 15 is 0 Å². The van der Waals surface area contributed by atoms with Crippen molar-refractivity contribution in [2.45, 2.75) is 25.3 Å². The number of ether oxygens (including phenoxy) is 1. The molecule has 24 heavy (non-hydrogen) atoms. The Morgan fingerprint density at radius 3 is 3.04 bits per heavy atom. The van der Waals surface area contributed by atoms with E-state index in [9.17, 15) is 4.79 Å². The highest BCUT2D eigenvalue weighted by Crippen LogP contribution is 2.39. The lowest BCUT2D eigenvalue weighted by Crippen LogP contribution is -2.30. The largest absolute Gasteiger partial charge is 0.488 e. The second kappa shape index (κ2) is 5.98. The molecule has 0 unspecified atom stereocenters. The van der Waals surface area contributed by atoms with Crippen molar-refractivity contribution in [3.63, 3.8) is 0 Å². The fourth-order valence-corrected chi connectivity index (χ4v) is 3.07. The van der Waals surface area contributed by atoms with Crippen molar-refractivity contribution < 1.29 is 9.53 Å². The minimum absolute atomic E-state index is 0.0526. The van der Waals surface area contributed by atoms with Crippen LogP contribution in [0.15, 0.2) is 29.8 Å². The molecule has 2 aliphatic rings. The number of fused-ring (bicyclic) bond motifs is 1. The lowest BCUT2D eigenvalue weighted by Gasteiger charge is -2.22. The molecule has 2 aromatic rings. The van der Waals surface area contributed by atoms with Crippen LogP contribution in [0.25, 0.3) is 6.08 Å². The molecule has 0 spiro atoms. The summed E-state index contributed by atoms with van der Waals surface area (Å²) in [5, 5.41) is 7.98. The minimum Gasteiger partial charge on any atom is -0.488 e. The molecule has 6 heteroatoms. The molecule has 0 saturated heterocycles. The zero-order valence-electron chi connectivity index (χ0n) is 13.4. The van der Waals surface area contributed by atoms with Crippen molar-refractivity contribution in [2.24, 2.45) is 0 Å². The molecule has 1 aromatic carbocycles. The third-order valence-electron chi connectivity index (χ3n) is 4.36. The molecule has 0 bridgehead atoms. The number of rotatable bonds is 4. The second-order valence-electron chi connectivity index (χ2n) is 6.39. The topological polar surface area (TPSA) is 58.2 Å². The second-order valence-corrected chi connectivity index (χ2v) is 6.83. The van der Waals surface area contributed by atoms with Gasteiger partial charge in [-0.05, 0) is 43.2 Å². The fourth-order valence-electron chi connectivity index (χ4n) is 2.89. The summed E-state index contributed by atoms with van der Waals surface area (Å²) in [4.78, 5) is 14.3. The molecule has 2 heterocycles. The van der Waals surface area contributed by atoms with Crippen molar-refractivity contribution >= 4 is 23.6 Å². The number of benzene rings is 1. The molecule has 5 nitrogen and oxygen atoms in total. The summed E-state index contributed by atoms with van der Waals surface area (Å²) in [6, 6.07) is 7.47. The van der Waals surface area contributed by atoms with Crippen LogP contribution in [0.5, 0.6) is 5.75 Å². The molecule has 1 fully saturated rings. The summed E-state index contributed by atoms with van der Waals surface area (Å²) in [7, 11) is 1.79. The zero-order valence-corrected chi connectivity index (χ0v) is 14.1. The van der Waals surface area contributed by atoms with Gasteiger partial charge in [-0.15, -0.1) is 0 Å². The zero-order chi connectivity index (χ0) is 16.7. The highest BCUT2D eigenvalue weighted by Gasteiger charge is 2.26. The first-order valence-corrected chi connectivity index (χ1v) is 8.40. The highest BCUT2D eigenvalue weighted by atomic mass is 35.5. The number of likely N-dealkylation sites (N-methyl/N-ethyl adjacent to an activating group) is 1. The average Bonchev–Trinajstić information content (AvgIpc) is 3.33. The molecular formula is C18H18ClN3O2. The Morgan fingerprint density at radius 1 is 1.42 bits per heavy atom. The Bertz CT molecular complexity index is 823. The van der Waals surface area contributed by atoms with Gasteiger partial charge in [-0.25, -0.2) is 0 Å². The molecule has 0 atom stereocenters. The van der Waals surface area contributed by atoms with Crippen LogP contribution in [0, 0.1) is 0 Å². The van der Waals surface area contributed by atoms with E-state index in [-0.39, 0.29) is 12.5 Å². The maximum absolute atomic E-state index is 12.7. The van der Waals surface area contributed by atoms with E-state index in [1.165, 1.54) is 12.8 Å². The smallest absolute Gasteiger partial charge is 0.253 e. The Kier molecular flexibility index (Phi) is 3.81. The third kappa shape index (κ3) is 3.04. The summed E-state index contributed by atoms with van der Waals surface area (Å²) in [5.74, 6) is 1.30. The van der Waals surface area contributed by atoms with Crippen molar-refractivity contribution in [1.82, 2.24) is 15.1 Å². The van der Waals surface area contributed by atoms with Gasteiger partial charge in [0.1, 0.15) is 12.4 Å². The quantitative estimate of drug-likeness (QED) is 0.925. The maximum atomic E-state index is 12.7. The van der Waals surface area contributed by atoms with Crippen LogP contribution in [0.4, 0.5) is 0 Å². The predicted molar refractivity (Wildman–Crippen MR) is 92.0 cm³/mol. The summed E-state index contributed by atoms with van der Waals surface area (Å²) in [6.07, 6.45) is 4.28. The van der Waals surface area contributed by atoms with Gasteiger partial charge in [0.2, 0.25) is 0 Å². The monoisotopic (exact) mass is 343 g/mol. The molecule has 1 saturated carbocycles. The average molecular weight is 344 g/mol. The van der Waals surface area contributed by atoms with E-state index in [0.717, 1.165) is 22.7 Å². The van der Waals surface area contributed by atoms with Crippen LogP contribution in [0.1, 0.15) is 35.7 Å². The Morgan fingerprint density at radius 2 is 2.25 bits per heavy atom. The summed E-state index contributed by atoms with van der Waals surface area (Å²) in [5.41, 5.74) is 3.51. The number of amides is 1. The van der Waals surface area contributed by atoms with Crippen LogP contribution in [0.2, 0.25) is 5.02 Å². The number of halogens is 1. The molecular weight excluding hydrogens is 326 g/mol. The lowest BCUT2D eigenvalue weighted by molar-refractivity contribution is -0.126. The van der Waals surface area contributed by atoms with Gasteiger partial charge < -0.3 is 9.64 Å². The van der Waals surface area contributed by atoms with E-state index in [0.29, 0.717) is 23.1 Å². The van der Waals surface area contributed by atoms with Gasteiger partial charge in [-0.1, -0.05) is 11.6 Å². The van der Waals surface area contributed by atoms with Crippen molar-refractivity contribution in [3.8, 4) is 5.75 Å². The van der Waals surface area contributed by atoms with Gasteiger partial charge in [0.05, 0.1) is 23.5 Å². The normalized spacial score (nSPS) is 16.2. The van der Waals surface area contributed by atoms with Gasteiger partial charge in [0.25, 0.3) is 5.91 Å². The summed E-state index contributed by atoms with van der Waals surface area (Å²) < 4.78 is 5.66. The molecule has 124 valence electrons. The van der Waals surface area contributed by atoms with Crippen molar-refractivity contribution in [2.75, 3.05) is 13.7 Å². The number of carbonyl (C=O) groups excluding carboxylic acids is 1. The summed E-state index contributed by atoms with van der Waals surface area (Å²) in [6.45, 7) is 0.770. The van der Waals surface area contributed by atoms with E-state index in [1.54, 1.807) is 24.1 Å². The standard InChI is InChI=1S/C18H18ClN3O2/c1-22(9-15-8-16(21-20-15)11-2-3-11)18(23)13-6-12-7-14(19)4-5-17(12)24-10-13/h4-8,11H,2-3,9-10H2,1H3,(H,20,21). The number of H-pyrrole nitrogens is 1. The number of hydrogen-bond acceptors (Lipinski definition) is 3. The fraction of sp³-hybridized carbons (Fsp3) is 0.333. The Balaban J connectivity index is 1.48. The van der Waals surface area contributed by atoms with Gasteiger partial charge in [0, 0.05) is 23.6 Å². The molecule has 1 aliphatic heterocycles. The number of nitrogens with one attached hydrogen (secondary N) is 1. The number of aromatic nitrogens is 2. The molecule has 1 N–H and O–H groups in total. The van der Waals surface area contributed by atoms with Crippen LogP contribution in [0.3, 0.4) is 0 Å². The van der Waals surface area contributed by atoms with Gasteiger partial charge in [0.15, 0.2) is 0 Å². The SMILES string of the molecule is CN(Cc1cc(C2CC2)n[nH]1)C(=O)C1=Cc2cc(Cl)ccc2OC1. The molecule has 1 aromatic heterocycles.